The third kappa shape index (κ3) is 8.81. The Hall–Kier alpha value is -3.99. The zero-order chi connectivity index (χ0) is 32.8. The van der Waals surface area contributed by atoms with E-state index in [0.717, 1.165) is 21.5 Å². The standard InChI is InChI=1S/C27H30N4O5S2.C2HF3O2/c1-18-6-11-25(37-18)38(33,34)17-22-26-23(4-3-5-24(26)35-2)31(30-22)15-20-9-7-19(8-10-20)14-29-27(32)21-16-36-13-12-28-21;3-2(4,5)1(6)7/h3-11,21,28H,12-17H2,1-2H3,(H,29,32);(H,6,7)/t21-;/m1./s1. The molecule has 1 saturated heterocycles. The molecule has 4 aromatic rings. The molecular formula is C29H31F3N4O7S2. The number of ether oxygens (including phenoxy) is 2. The molecule has 0 saturated carbocycles. The average molecular weight is 669 g/mol. The Morgan fingerprint density at radius 1 is 1.16 bits per heavy atom. The number of benzene rings is 2. The van der Waals surface area contributed by atoms with E-state index in [2.05, 4.69) is 10.6 Å². The number of carbonyl (C=O) groups excluding carboxylic acids is 1. The van der Waals surface area contributed by atoms with Crippen molar-refractivity contribution in [3.63, 3.8) is 0 Å². The van der Waals surface area contributed by atoms with Crippen LogP contribution in [0.2, 0.25) is 0 Å². The molecule has 2 aromatic heterocycles. The Morgan fingerprint density at radius 2 is 1.84 bits per heavy atom. The molecule has 3 N–H and O–H groups in total. The first-order valence-electron chi connectivity index (χ1n) is 13.6. The van der Waals surface area contributed by atoms with Crippen molar-refractivity contribution in [2.24, 2.45) is 0 Å². The van der Waals surface area contributed by atoms with E-state index in [0.29, 0.717) is 53.9 Å². The van der Waals surface area contributed by atoms with E-state index in [9.17, 15) is 26.4 Å². The first-order chi connectivity index (χ1) is 21.3. The minimum atomic E-state index is -5.08. The zero-order valence-electron chi connectivity index (χ0n) is 24.3. The van der Waals surface area contributed by atoms with Gasteiger partial charge in [-0.2, -0.15) is 18.3 Å². The van der Waals surface area contributed by atoms with Crippen molar-refractivity contribution in [2.45, 2.75) is 42.2 Å². The summed E-state index contributed by atoms with van der Waals surface area (Å²) in [6.45, 7) is 4.43. The summed E-state index contributed by atoms with van der Waals surface area (Å²) in [4.78, 5) is 22.2. The van der Waals surface area contributed by atoms with E-state index in [4.69, 9.17) is 24.5 Å². The molecular weight excluding hydrogens is 637 g/mol. The molecule has 11 nitrogen and oxygen atoms in total. The summed E-state index contributed by atoms with van der Waals surface area (Å²) in [5.74, 6) is -2.46. The van der Waals surface area contributed by atoms with Gasteiger partial charge in [0.25, 0.3) is 0 Å². The lowest BCUT2D eigenvalue weighted by molar-refractivity contribution is -0.192. The average Bonchev–Trinajstić information content (AvgIpc) is 3.60. The summed E-state index contributed by atoms with van der Waals surface area (Å²) in [6.07, 6.45) is -5.08. The highest BCUT2D eigenvalue weighted by molar-refractivity contribution is 7.92. The number of hydrogen-bond acceptors (Lipinski definition) is 9. The molecule has 1 atom stereocenters. The number of rotatable bonds is 9. The number of carboxylic acids is 1. The first-order valence-corrected chi connectivity index (χ1v) is 16.0. The van der Waals surface area contributed by atoms with Crippen molar-refractivity contribution >= 4 is 44.0 Å². The largest absolute Gasteiger partial charge is 0.496 e. The summed E-state index contributed by atoms with van der Waals surface area (Å²) in [5, 5.41) is 18.6. The number of methoxy groups -OCH3 is 1. The minimum absolute atomic E-state index is 0.0778. The van der Waals surface area contributed by atoms with E-state index in [1.54, 1.807) is 13.2 Å². The number of sulfone groups is 1. The number of aromatic nitrogens is 2. The molecule has 0 unspecified atom stereocenters. The third-order valence-electron chi connectivity index (χ3n) is 6.68. The van der Waals surface area contributed by atoms with Gasteiger partial charge in [0.1, 0.15) is 21.8 Å². The van der Waals surface area contributed by atoms with Crippen LogP contribution in [0.15, 0.2) is 58.8 Å². The van der Waals surface area contributed by atoms with Crippen LogP contribution in [-0.4, -0.2) is 74.3 Å². The lowest BCUT2D eigenvalue weighted by atomic mass is 10.1. The number of carbonyl (C=O) groups is 2. The summed E-state index contributed by atoms with van der Waals surface area (Å²) in [5.41, 5.74) is 3.24. The fraction of sp³-hybridized carbons (Fsp3) is 0.345. The molecule has 0 radical (unpaired) electrons. The van der Waals surface area contributed by atoms with Gasteiger partial charge in [0.15, 0.2) is 9.84 Å². The summed E-state index contributed by atoms with van der Waals surface area (Å²) in [6, 6.07) is 16.7. The number of aliphatic carboxylic acids is 1. The van der Waals surface area contributed by atoms with Gasteiger partial charge in [0.2, 0.25) is 5.91 Å². The van der Waals surface area contributed by atoms with Gasteiger partial charge in [-0.3, -0.25) is 9.48 Å². The molecule has 1 aliphatic rings. The SMILES string of the molecule is COc1cccc2c1c(CS(=O)(=O)c1ccc(C)s1)nn2Cc1ccc(CNC(=O)[C@H]2COCCN2)cc1.O=C(O)C(F)(F)F. The Morgan fingerprint density at radius 3 is 2.42 bits per heavy atom. The van der Waals surface area contributed by atoms with Crippen molar-refractivity contribution in [3.8, 4) is 5.75 Å². The van der Waals surface area contributed by atoms with Crippen LogP contribution >= 0.6 is 11.3 Å². The molecule has 1 amide bonds. The molecule has 1 fully saturated rings. The lowest BCUT2D eigenvalue weighted by Crippen LogP contribution is -2.51. The number of thiophene rings is 1. The van der Waals surface area contributed by atoms with E-state index in [-0.39, 0.29) is 17.7 Å². The number of aryl methyl sites for hydroxylation is 1. The molecule has 0 spiro atoms. The molecule has 0 aliphatic carbocycles. The molecule has 242 valence electrons. The smallest absolute Gasteiger partial charge is 0.490 e. The van der Waals surface area contributed by atoms with Crippen molar-refractivity contribution < 1.29 is 45.8 Å². The van der Waals surface area contributed by atoms with Crippen LogP contribution < -0.4 is 15.4 Å². The second-order valence-electron chi connectivity index (χ2n) is 10.0. The maximum atomic E-state index is 13.2. The van der Waals surface area contributed by atoms with Crippen LogP contribution in [0.1, 0.15) is 21.7 Å². The second kappa shape index (κ2) is 14.4. The molecule has 1 aliphatic heterocycles. The molecule has 3 heterocycles. The van der Waals surface area contributed by atoms with Crippen molar-refractivity contribution in [3.05, 3.63) is 76.3 Å². The predicted octanol–water partition coefficient (Wildman–Crippen LogP) is 3.67. The lowest BCUT2D eigenvalue weighted by Gasteiger charge is -2.22. The summed E-state index contributed by atoms with van der Waals surface area (Å²) >= 11 is 1.26. The van der Waals surface area contributed by atoms with Gasteiger partial charge in [-0.1, -0.05) is 30.3 Å². The number of nitrogens with one attached hydrogen (secondary N) is 2. The van der Waals surface area contributed by atoms with Gasteiger partial charge in [0, 0.05) is 18.0 Å². The van der Waals surface area contributed by atoms with E-state index < -0.39 is 22.0 Å². The van der Waals surface area contributed by atoms with Gasteiger partial charge < -0.3 is 25.2 Å². The first kappa shape index (κ1) is 33.9. The molecule has 0 bridgehead atoms. The van der Waals surface area contributed by atoms with Gasteiger partial charge in [-0.15, -0.1) is 11.3 Å². The number of alkyl halides is 3. The number of morpholine rings is 1. The number of nitrogens with zero attached hydrogens (tertiary/aromatic N) is 2. The molecule has 16 heteroatoms. The number of halogens is 3. The van der Waals surface area contributed by atoms with Gasteiger partial charge in [0.05, 0.1) is 43.5 Å². The fourth-order valence-corrected chi connectivity index (χ4v) is 7.13. The summed E-state index contributed by atoms with van der Waals surface area (Å²) in [7, 11) is -1.98. The highest BCUT2D eigenvalue weighted by Crippen LogP contribution is 2.32. The monoisotopic (exact) mass is 668 g/mol. The topological polar surface area (TPSA) is 149 Å². The van der Waals surface area contributed by atoms with E-state index in [1.165, 1.54) is 11.3 Å². The maximum Gasteiger partial charge on any atom is 0.490 e. The van der Waals surface area contributed by atoms with Crippen LogP contribution in [0.3, 0.4) is 0 Å². The van der Waals surface area contributed by atoms with Crippen LogP contribution in [0.4, 0.5) is 13.2 Å². The number of amides is 1. The summed E-state index contributed by atoms with van der Waals surface area (Å²) < 4.78 is 71.1. The van der Waals surface area contributed by atoms with Gasteiger partial charge in [-0.05, 0) is 42.3 Å². The second-order valence-corrected chi connectivity index (χ2v) is 13.5. The molecule has 2 aromatic carbocycles. The van der Waals surface area contributed by atoms with Gasteiger partial charge >= 0.3 is 12.1 Å². The third-order valence-corrected chi connectivity index (χ3v) is 9.89. The Bertz CT molecular complexity index is 1750. The zero-order valence-corrected chi connectivity index (χ0v) is 25.9. The van der Waals surface area contributed by atoms with Crippen LogP contribution in [0.25, 0.3) is 10.9 Å². The predicted molar refractivity (Wildman–Crippen MR) is 160 cm³/mol. The van der Waals surface area contributed by atoms with Crippen LogP contribution in [0, 0.1) is 6.92 Å². The number of carboxylic acid groups (broad SMARTS) is 1. The number of fused-ring (bicyclic) bond motifs is 1. The normalized spacial score (nSPS) is 15.3. The Kier molecular flexibility index (Phi) is 10.9. The Labute approximate surface area is 260 Å². The van der Waals surface area contributed by atoms with Crippen molar-refractivity contribution in [1.29, 1.82) is 0 Å². The van der Waals surface area contributed by atoms with Gasteiger partial charge in [-0.25, -0.2) is 13.2 Å². The van der Waals surface area contributed by atoms with Crippen molar-refractivity contribution in [1.82, 2.24) is 20.4 Å². The Balaban J connectivity index is 0.000000591. The minimum Gasteiger partial charge on any atom is -0.496 e. The quantitative estimate of drug-likeness (QED) is 0.243. The number of hydrogen-bond donors (Lipinski definition) is 3. The molecule has 5 rings (SSSR count). The van der Waals surface area contributed by atoms with Crippen LogP contribution in [-0.2, 0) is 43.0 Å². The van der Waals surface area contributed by atoms with Crippen molar-refractivity contribution in [2.75, 3.05) is 26.9 Å². The highest BCUT2D eigenvalue weighted by atomic mass is 32.2. The van der Waals surface area contributed by atoms with E-state index in [1.807, 2.05) is 60.1 Å². The molecule has 45 heavy (non-hydrogen) atoms. The fourth-order valence-electron chi connectivity index (χ4n) is 4.48. The highest BCUT2D eigenvalue weighted by Gasteiger charge is 2.38. The van der Waals surface area contributed by atoms with E-state index >= 15 is 0 Å². The maximum absolute atomic E-state index is 13.2. The van der Waals surface area contributed by atoms with Crippen LogP contribution in [0.5, 0.6) is 5.75 Å².